The highest BCUT2D eigenvalue weighted by atomic mass is 35.7. The third kappa shape index (κ3) is 5.61. The Bertz CT molecular complexity index is 712. The van der Waals surface area contributed by atoms with E-state index in [1.165, 1.54) is 19.1 Å². The van der Waals surface area contributed by atoms with Gasteiger partial charge in [-0.3, -0.25) is 5.32 Å². The second-order valence-corrected chi connectivity index (χ2v) is 7.52. The zero-order valence-electron chi connectivity index (χ0n) is 12.0. The van der Waals surface area contributed by atoms with E-state index in [-0.39, 0.29) is 16.4 Å². The van der Waals surface area contributed by atoms with Gasteiger partial charge >= 0.3 is 6.09 Å². The summed E-state index contributed by atoms with van der Waals surface area (Å²) in [5.74, 6) is 5.18. The smallest absolute Gasteiger partial charge is 0.413 e. The summed E-state index contributed by atoms with van der Waals surface area (Å²) in [6.07, 6.45) is -0.702. The van der Waals surface area contributed by atoms with Gasteiger partial charge in [0.05, 0.1) is 0 Å². The molecule has 8 heteroatoms. The number of aromatic nitrogens is 1. The molecule has 0 aliphatic heterocycles. The molecule has 1 aromatic rings. The lowest BCUT2D eigenvalue weighted by Crippen LogP contribution is -2.27. The van der Waals surface area contributed by atoms with Crippen molar-refractivity contribution in [1.29, 1.82) is 0 Å². The summed E-state index contributed by atoms with van der Waals surface area (Å²) < 4.78 is 27.9. The lowest BCUT2D eigenvalue weighted by Gasteiger charge is -2.19. The predicted molar refractivity (Wildman–Crippen MR) is 79.7 cm³/mol. The molecule has 0 aliphatic carbocycles. The average Bonchev–Trinajstić information content (AvgIpc) is 2.25. The summed E-state index contributed by atoms with van der Waals surface area (Å²) in [7, 11) is 1.33. The Morgan fingerprint density at radius 3 is 2.48 bits per heavy atom. The Labute approximate surface area is 128 Å². The number of hydrogen-bond donors (Lipinski definition) is 1. The molecule has 0 fully saturated rings. The molecule has 1 amide bonds. The molecule has 114 valence electrons. The normalized spacial score (nSPS) is 11.3. The van der Waals surface area contributed by atoms with Gasteiger partial charge in [-0.2, -0.15) is 0 Å². The molecule has 0 aromatic carbocycles. The van der Waals surface area contributed by atoms with Crippen molar-refractivity contribution in [2.45, 2.75) is 38.2 Å². The van der Waals surface area contributed by atoms with Crippen molar-refractivity contribution in [1.82, 2.24) is 4.98 Å². The monoisotopic (exact) mass is 330 g/mol. The van der Waals surface area contributed by atoms with Crippen LogP contribution in [0, 0.1) is 11.8 Å². The second kappa shape index (κ2) is 6.33. The van der Waals surface area contributed by atoms with Crippen LogP contribution in [0.3, 0.4) is 0 Å². The van der Waals surface area contributed by atoms with Gasteiger partial charge in [0, 0.05) is 10.7 Å². The highest BCUT2D eigenvalue weighted by Gasteiger charge is 2.19. The predicted octanol–water partition coefficient (Wildman–Crippen LogP) is 2.73. The molecule has 21 heavy (non-hydrogen) atoms. The number of nitrogens with one attached hydrogen (secondary N) is 1. The van der Waals surface area contributed by atoms with Crippen LogP contribution in [0.2, 0.25) is 0 Å². The maximum Gasteiger partial charge on any atom is 0.413 e. The first-order valence-electron chi connectivity index (χ1n) is 5.91. The fourth-order valence-corrected chi connectivity index (χ4v) is 2.26. The molecule has 0 spiro atoms. The lowest BCUT2D eigenvalue weighted by molar-refractivity contribution is 0.0635. The van der Waals surface area contributed by atoms with E-state index in [1.807, 2.05) is 0 Å². The summed E-state index contributed by atoms with van der Waals surface area (Å²) in [4.78, 5) is 15.4. The van der Waals surface area contributed by atoms with Crippen LogP contribution < -0.4 is 5.32 Å². The third-order valence-corrected chi connectivity index (χ3v) is 3.35. The van der Waals surface area contributed by atoms with Gasteiger partial charge in [0.25, 0.3) is 9.05 Å². The average molecular weight is 331 g/mol. The molecule has 1 rings (SSSR count). The van der Waals surface area contributed by atoms with Gasteiger partial charge in [-0.1, -0.05) is 5.92 Å². The fraction of sp³-hybridized carbons (Fsp3) is 0.385. The van der Waals surface area contributed by atoms with Gasteiger partial charge in [0.2, 0.25) is 0 Å². The van der Waals surface area contributed by atoms with E-state index in [0.29, 0.717) is 0 Å². The number of amides is 1. The number of pyridine rings is 1. The Hall–Kier alpha value is -1.78. The van der Waals surface area contributed by atoms with Crippen LogP contribution in [0.5, 0.6) is 0 Å². The Balaban J connectivity index is 3.09. The summed E-state index contributed by atoms with van der Waals surface area (Å²) in [6.45, 7) is 6.69. The molecular formula is C13H15ClN2O4S. The van der Waals surface area contributed by atoms with E-state index in [4.69, 9.17) is 15.4 Å². The van der Waals surface area contributed by atoms with Gasteiger partial charge in [-0.15, -0.1) is 0 Å². The summed E-state index contributed by atoms with van der Waals surface area (Å²) in [6, 6.07) is 2.53. The molecule has 0 atom stereocenters. The number of rotatable bonds is 2. The third-order valence-electron chi connectivity index (χ3n) is 1.99. The zero-order valence-corrected chi connectivity index (χ0v) is 13.6. The molecule has 1 heterocycles. The summed E-state index contributed by atoms with van der Waals surface area (Å²) in [5, 5.41) is 2.40. The van der Waals surface area contributed by atoms with E-state index < -0.39 is 20.7 Å². The molecular weight excluding hydrogens is 316 g/mol. The number of nitrogens with zero attached hydrogens (tertiary/aromatic N) is 1. The molecule has 0 radical (unpaired) electrons. The standard InChI is InChI=1S/C13H15ClN2O4S/c1-5-6-9-10(21(14,18)19)7-8-11(15-9)16-12(17)20-13(2,3)4/h7-8H,1-4H3,(H,15,16,17). The topological polar surface area (TPSA) is 85.4 Å². The van der Waals surface area contributed by atoms with Crippen LogP contribution in [0.1, 0.15) is 33.4 Å². The molecule has 1 N–H and O–H groups in total. The van der Waals surface area contributed by atoms with Gasteiger partial charge in [0.15, 0.2) is 0 Å². The van der Waals surface area contributed by atoms with Crippen molar-refractivity contribution in [3.05, 3.63) is 17.8 Å². The van der Waals surface area contributed by atoms with Crippen LogP contribution in [0.4, 0.5) is 10.6 Å². The second-order valence-electron chi connectivity index (χ2n) is 4.98. The van der Waals surface area contributed by atoms with E-state index in [9.17, 15) is 13.2 Å². The fourth-order valence-electron chi connectivity index (χ4n) is 1.33. The SMILES string of the molecule is CC#Cc1nc(NC(=O)OC(C)(C)C)ccc1S(=O)(=O)Cl. The van der Waals surface area contributed by atoms with E-state index in [1.54, 1.807) is 20.8 Å². The quantitative estimate of drug-likeness (QED) is 0.665. The molecule has 6 nitrogen and oxygen atoms in total. The first-order valence-corrected chi connectivity index (χ1v) is 8.22. The van der Waals surface area contributed by atoms with Gasteiger partial charge in [0.1, 0.15) is 22.0 Å². The lowest BCUT2D eigenvalue weighted by atomic mass is 10.2. The first kappa shape index (κ1) is 17.3. The summed E-state index contributed by atoms with van der Waals surface area (Å²) in [5.41, 5.74) is -0.698. The zero-order chi connectivity index (χ0) is 16.3. The number of carbonyl (C=O) groups excluding carboxylic acids is 1. The number of anilines is 1. The van der Waals surface area contributed by atoms with Crippen molar-refractivity contribution in [2.75, 3.05) is 5.32 Å². The minimum absolute atomic E-state index is 0.0407. The summed E-state index contributed by atoms with van der Waals surface area (Å²) >= 11 is 0. The molecule has 0 unspecified atom stereocenters. The van der Waals surface area contributed by atoms with Gasteiger partial charge < -0.3 is 4.74 Å². The van der Waals surface area contributed by atoms with Crippen molar-refractivity contribution < 1.29 is 17.9 Å². The van der Waals surface area contributed by atoms with Crippen molar-refractivity contribution in [3.63, 3.8) is 0 Å². The van der Waals surface area contributed by atoms with Crippen molar-refractivity contribution in [3.8, 4) is 11.8 Å². The Morgan fingerprint density at radius 1 is 1.38 bits per heavy atom. The highest BCUT2D eigenvalue weighted by Crippen LogP contribution is 2.20. The highest BCUT2D eigenvalue weighted by molar-refractivity contribution is 8.13. The molecule has 0 saturated carbocycles. The van der Waals surface area contributed by atoms with E-state index in [0.717, 1.165) is 0 Å². The molecule has 0 bridgehead atoms. The van der Waals surface area contributed by atoms with E-state index >= 15 is 0 Å². The number of carbonyl (C=O) groups is 1. The minimum atomic E-state index is -3.97. The van der Waals surface area contributed by atoms with Crippen LogP contribution in [0.25, 0.3) is 0 Å². The number of hydrogen-bond acceptors (Lipinski definition) is 5. The van der Waals surface area contributed by atoms with Crippen molar-refractivity contribution in [2.24, 2.45) is 0 Å². The van der Waals surface area contributed by atoms with Crippen LogP contribution in [-0.2, 0) is 13.8 Å². The van der Waals surface area contributed by atoms with Crippen molar-refractivity contribution >= 4 is 31.6 Å². The molecule has 0 saturated heterocycles. The molecule has 1 aromatic heterocycles. The maximum atomic E-state index is 11.6. The number of ether oxygens (including phenoxy) is 1. The van der Waals surface area contributed by atoms with Gasteiger partial charge in [-0.05, 0) is 45.7 Å². The largest absolute Gasteiger partial charge is 0.444 e. The van der Waals surface area contributed by atoms with Crippen LogP contribution in [-0.4, -0.2) is 25.1 Å². The minimum Gasteiger partial charge on any atom is -0.444 e. The van der Waals surface area contributed by atoms with Crippen LogP contribution >= 0.6 is 10.7 Å². The first-order chi connectivity index (χ1) is 9.53. The van der Waals surface area contributed by atoms with Gasteiger partial charge in [-0.25, -0.2) is 18.2 Å². The van der Waals surface area contributed by atoms with E-state index in [2.05, 4.69) is 22.1 Å². The Kier molecular flexibility index (Phi) is 5.20. The Morgan fingerprint density at radius 2 is 2.00 bits per heavy atom. The van der Waals surface area contributed by atoms with Crippen LogP contribution in [0.15, 0.2) is 17.0 Å². The number of halogens is 1. The molecule has 0 aliphatic rings. The maximum absolute atomic E-state index is 11.6.